The molecule has 0 fully saturated rings. The topological polar surface area (TPSA) is 33.1 Å². The second-order valence-corrected chi connectivity index (χ2v) is 5.65. The van der Waals surface area contributed by atoms with Gasteiger partial charge in [-0.3, -0.25) is 9.58 Å². The quantitative estimate of drug-likeness (QED) is 0.782. The molecule has 0 amide bonds. The third-order valence-electron chi connectivity index (χ3n) is 4.39. The van der Waals surface area contributed by atoms with E-state index in [4.69, 9.17) is 0 Å². The van der Waals surface area contributed by atoms with Crippen LogP contribution in [-0.2, 0) is 13.5 Å². The van der Waals surface area contributed by atoms with Gasteiger partial charge in [0, 0.05) is 30.5 Å². The van der Waals surface area contributed by atoms with E-state index in [9.17, 15) is 0 Å². The van der Waals surface area contributed by atoms with Gasteiger partial charge >= 0.3 is 0 Å². The van der Waals surface area contributed by atoms with Crippen LogP contribution in [0.15, 0.2) is 12.3 Å². The molecule has 110 valence electrons. The molecule has 1 rings (SSSR count). The molecule has 1 aromatic rings. The molecule has 1 unspecified atom stereocenters. The number of nitrogens with one attached hydrogen (secondary N) is 1. The summed E-state index contributed by atoms with van der Waals surface area (Å²) in [6.45, 7) is 11.3. The number of nitrogens with zero attached hydrogens (tertiary/aromatic N) is 3. The lowest BCUT2D eigenvalue weighted by atomic mass is 9.88. The van der Waals surface area contributed by atoms with Crippen molar-refractivity contribution in [1.82, 2.24) is 20.0 Å². The molecule has 1 heterocycles. The third kappa shape index (κ3) is 3.80. The number of rotatable bonds is 8. The van der Waals surface area contributed by atoms with E-state index in [1.165, 1.54) is 5.69 Å². The van der Waals surface area contributed by atoms with Crippen molar-refractivity contribution in [2.24, 2.45) is 7.05 Å². The largest absolute Gasteiger partial charge is 0.315 e. The minimum atomic E-state index is 0.164. The molecule has 19 heavy (non-hydrogen) atoms. The number of aromatic nitrogens is 2. The Balaban J connectivity index is 2.69. The molecular formula is C15H30N4. The van der Waals surface area contributed by atoms with E-state index in [1.807, 2.05) is 17.9 Å². The van der Waals surface area contributed by atoms with E-state index in [1.54, 1.807) is 0 Å². The van der Waals surface area contributed by atoms with Crippen molar-refractivity contribution in [2.45, 2.75) is 52.1 Å². The van der Waals surface area contributed by atoms with Crippen molar-refractivity contribution in [3.63, 3.8) is 0 Å². The maximum Gasteiger partial charge on any atom is 0.0492 e. The van der Waals surface area contributed by atoms with Crippen molar-refractivity contribution in [1.29, 1.82) is 0 Å². The van der Waals surface area contributed by atoms with Gasteiger partial charge in [-0.25, -0.2) is 0 Å². The van der Waals surface area contributed by atoms with Gasteiger partial charge in [-0.2, -0.15) is 5.10 Å². The second-order valence-electron chi connectivity index (χ2n) is 5.65. The third-order valence-corrected chi connectivity index (χ3v) is 4.39. The number of aryl methyl sites for hydroxylation is 2. The van der Waals surface area contributed by atoms with E-state index < -0.39 is 0 Å². The van der Waals surface area contributed by atoms with Crippen LogP contribution in [0.3, 0.4) is 0 Å². The van der Waals surface area contributed by atoms with Gasteiger partial charge in [-0.15, -0.1) is 0 Å². The van der Waals surface area contributed by atoms with Crippen LogP contribution >= 0.6 is 0 Å². The molecule has 4 nitrogen and oxygen atoms in total. The van der Waals surface area contributed by atoms with E-state index >= 15 is 0 Å². The minimum absolute atomic E-state index is 0.164. The predicted molar refractivity (Wildman–Crippen MR) is 81.4 cm³/mol. The fourth-order valence-electron chi connectivity index (χ4n) is 3.05. The lowest BCUT2D eigenvalue weighted by Crippen LogP contribution is -2.57. The summed E-state index contributed by atoms with van der Waals surface area (Å²) in [5.41, 5.74) is 1.47. The van der Waals surface area contributed by atoms with Crippen molar-refractivity contribution in [3.8, 4) is 0 Å². The SMILES string of the molecule is CCN(CC)C(C)(C)C(CCc1ccnn1C)NC. The number of hydrogen-bond acceptors (Lipinski definition) is 3. The first-order chi connectivity index (χ1) is 8.97. The number of likely N-dealkylation sites (N-methyl/N-ethyl adjacent to an activating group) is 2. The maximum atomic E-state index is 4.24. The van der Waals surface area contributed by atoms with Crippen molar-refractivity contribution in [2.75, 3.05) is 20.1 Å². The zero-order valence-corrected chi connectivity index (χ0v) is 13.4. The molecule has 0 saturated carbocycles. The van der Waals surface area contributed by atoms with Crippen molar-refractivity contribution in [3.05, 3.63) is 18.0 Å². The standard InChI is InChI=1S/C15H30N4/c1-7-19(8-2)15(3,4)14(16-5)10-9-13-11-12-17-18(13)6/h11-12,14,16H,7-10H2,1-6H3. The van der Waals surface area contributed by atoms with Gasteiger partial charge in [0.1, 0.15) is 0 Å². The highest BCUT2D eigenvalue weighted by atomic mass is 15.3. The number of hydrogen-bond donors (Lipinski definition) is 1. The van der Waals surface area contributed by atoms with E-state index in [0.717, 1.165) is 25.9 Å². The van der Waals surface area contributed by atoms with E-state index in [-0.39, 0.29) is 5.54 Å². The highest BCUT2D eigenvalue weighted by Gasteiger charge is 2.32. The normalized spacial score (nSPS) is 14.1. The Morgan fingerprint density at radius 1 is 1.37 bits per heavy atom. The van der Waals surface area contributed by atoms with Crippen molar-refractivity contribution >= 4 is 0 Å². The van der Waals surface area contributed by atoms with Crippen LogP contribution in [0.25, 0.3) is 0 Å². The molecule has 0 aliphatic rings. The Hall–Kier alpha value is -0.870. The van der Waals surface area contributed by atoms with E-state index in [0.29, 0.717) is 6.04 Å². The van der Waals surface area contributed by atoms with Crippen LogP contribution in [0.2, 0.25) is 0 Å². The van der Waals surface area contributed by atoms with Gasteiger partial charge in [-0.05, 0) is 52.9 Å². The average Bonchev–Trinajstić information content (AvgIpc) is 2.76. The summed E-state index contributed by atoms with van der Waals surface area (Å²) >= 11 is 0. The molecule has 0 aromatic carbocycles. The fraction of sp³-hybridized carbons (Fsp3) is 0.800. The minimum Gasteiger partial charge on any atom is -0.315 e. The predicted octanol–water partition coefficient (Wildman–Crippen LogP) is 2.06. The van der Waals surface area contributed by atoms with Crippen LogP contribution in [0.1, 0.15) is 39.8 Å². The molecule has 0 radical (unpaired) electrons. The van der Waals surface area contributed by atoms with Crippen LogP contribution in [0, 0.1) is 0 Å². The summed E-state index contributed by atoms with van der Waals surface area (Å²) < 4.78 is 1.97. The maximum absolute atomic E-state index is 4.24. The van der Waals surface area contributed by atoms with Crippen LogP contribution in [0.4, 0.5) is 0 Å². The molecule has 0 bridgehead atoms. The Labute approximate surface area is 118 Å². The summed E-state index contributed by atoms with van der Waals surface area (Å²) in [5.74, 6) is 0. The first-order valence-electron chi connectivity index (χ1n) is 7.36. The van der Waals surface area contributed by atoms with E-state index in [2.05, 4.69) is 56.1 Å². The Morgan fingerprint density at radius 3 is 2.42 bits per heavy atom. The lowest BCUT2D eigenvalue weighted by molar-refractivity contribution is 0.0907. The highest BCUT2D eigenvalue weighted by molar-refractivity contribution is 5.02. The molecule has 0 spiro atoms. The molecular weight excluding hydrogens is 236 g/mol. The van der Waals surface area contributed by atoms with Gasteiger partial charge in [0.2, 0.25) is 0 Å². The summed E-state index contributed by atoms with van der Waals surface area (Å²) in [7, 11) is 4.08. The lowest BCUT2D eigenvalue weighted by Gasteiger charge is -2.43. The Bertz CT molecular complexity index is 366. The Morgan fingerprint density at radius 2 is 2.00 bits per heavy atom. The second kappa shape index (κ2) is 7.06. The van der Waals surface area contributed by atoms with Gasteiger partial charge in [0.15, 0.2) is 0 Å². The van der Waals surface area contributed by atoms with Crippen LogP contribution in [-0.4, -0.2) is 46.4 Å². The molecule has 1 aromatic heterocycles. The first-order valence-corrected chi connectivity index (χ1v) is 7.36. The van der Waals surface area contributed by atoms with Gasteiger partial charge in [0.05, 0.1) is 0 Å². The molecule has 0 aliphatic heterocycles. The fourth-order valence-corrected chi connectivity index (χ4v) is 3.05. The van der Waals surface area contributed by atoms with Crippen molar-refractivity contribution < 1.29 is 0 Å². The first kappa shape index (κ1) is 16.2. The summed E-state index contributed by atoms with van der Waals surface area (Å²) in [5, 5.41) is 7.74. The highest BCUT2D eigenvalue weighted by Crippen LogP contribution is 2.22. The smallest absolute Gasteiger partial charge is 0.0492 e. The molecule has 4 heteroatoms. The van der Waals surface area contributed by atoms with Crippen LogP contribution < -0.4 is 5.32 Å². The molecule has 0 aliphatic carbocycles. The molecule has 1 atom stereocenters. The van der Waals surface area contributed by atoms with Gasteiger partial charge in [0.25, 0.3) is 0 Å². The summed E-state index contributed by atoms with van der Waals surface area (Å²) in [6.07, 6.45) is 4.06. The summed E-state index contributed by atoms with van der Waals surface area (Å²) in [6, 6.07) is 2.58. The zero-order chi connectivity index (χ0) is 14.5. The summed E-state index contributed by atoms with van der Waals surface area (Å²) in [4.78, 5) is 2.53. The Kier molecular flexibility index (Phi) is 6.01. The average molecular weight is 266 g/mol. The monoisotopic (exact) mass is 266 g/mol. The van der Waals surface area contributed by atoms with Gasteiger partial charge in [-0.1, -0.05) is 13.8 Å². The van der Waals surface area contributed by atoms with Crippen LogP contribution in [0.5, 0.6) is 0 Å². The molecule has 0 saturated heterocycles. The zero-order valence-electron chi connectivity index (χ0n) is 13.4. The van der Waals surface area contributed by atoms with Gasteiger partial charge < -0.3 is 5.32 Å². The molecule has 1 N–H and O–H groups in total.